The highest BCUT2D eigenvalue weighted by molar-refractivity contribution is 5.95. The third kappa shape index (κ3) is 4.21. The van der Waals surface area contributed by atoms with Gasteiger partial charge >= 0.3 is 0 Å². The fourth-order valence-electron chi connectivity index (χ4n) is 2.56. The van der Waals surface area contributed by atoms with Gasteiger partial charge in [-0.15, -0.1) is 0 Å². The van der Waals surface area contributed by atoms with Crippen molar-refractivity contribution in [3.8, 4) is 0 Å². The van der Waals surface area contributed by atoms with Gasteiger partial charge in [0.05, 0.1) is 24.1 Å². The van der Waals surface area contributed by atoms with Crippen molar-refractivity contribution in [2.24, 2.45) is 5.73 Å². The van der Waals surface area contributed by atoms with Gasteiger partial charge in [0.15, 0.2) is 0 Å². The number of carbonyl (C=O) groups is 2. The number of anilines is 1. The molecule has 3 aromatic rings. The second-order valence-corrected chi connectivity index (χ2v) is 5.86. The SMILES string of the molecule is CN(CC(=O)Nc1ccc(C(N)=O)cc1)Cc1nc2ccccc2[nH]1. The zero-order chi connectivity index (χ0) is 17.8. The van der Waals surface area contributed by atoms with Gasteiger partial charge in [-0.2, -0.15) is 0 Å². The van der Waals surface area contributed by atoms with Gasteiger partial charge in [0.1, 0.15) is 5.82 Å². The molecule has 25 heavy (non-hydrogen) atoms. The summed E-state index contributed by atoms with van der Waals surface area (Å²) in [5.74, 6) is 0.163. The molecule has 0 saturated heterocycles. The third-order valence-corrected chi connectivity index (χ3v) is 3.72. The van der Waals surface area contributed by atoms with Crippen LogP contribution < -0.4 is 11.1 Å². The Kier molecular flexibility index (Phi) is 4.76. The van der Waals surface area contributed by atoms with Crippen molar-refractivity contribution in [2.45, 2.75) is 6.54 Å². The van der Waals surface area contributed by atoms with Crippen molar-refractivity contribution < 1.29 is 9.59 Å². The maximum Gasteiger partial charge on any atom is 0.248 e. The number of nitrogens with two attached hydrogens (primary N) is 1. The molecule has 0 aliphatic rings. The number of fused-ring (bicyclic) bond motifs is 1. The van der Waals surface area contributed by atoms with Gasteiger partial charge in [-0.05, 0) is 43.4 Å². The van der Waals surface area contributed by atoms with Crippen LogP contribution in [0.1, 0.15) is 16.2 Å². The van der Waals surface area contributed by atoms with Crippen molar-refractivity contribution in [1.29, 1.82) is 0 Å². The summed E-state index contributed by atoms with van der Waals surface area (Å²) in [6.07, 6.45) is 0. The summed E-state index contributed by atoms with van der Waals surface area (Å²) in [5.41, 5.74) is 8.09. The van der Waals surface area contributed by atoms with E-state index in [2.05, 4.69) is 15.3 Å². The molecule has 0 bridgehead atoms. The average Bonchev–Trinajstić information content (AvgIpc) is 2.97. The van der Waals surface area contributed by atoms with Crippen LogP contribution in [0, 0.1) is 0 Å². The molecular weight excluding hydrogens is 318 g/mol. The van der Waals surface area contributed by atoms with E-state index in [-0.39, 0.29) is 12.5 Å². The van der Waals surface area contributed by atoms with Crippen molar-refractivity contribution in [1.82, 2.24) is 14.9 Å². The van der Waals surface area contributed by atoms with Crippen molar-refractivity contribution in [3.05, 3.63) is 59.9 Å². The molecular formula is C18H19N5O2. The molecule has 1 heterocycles. The largest absolute Gasteiger partial charge is 0.366 e. The fourth-order valence-corrected chi connectivity index (χ4v) is 2.56. The first-order chi connectivity index (χ1) is 12.0. The number of likely N-dealkylation sites (N-methyl/N-ethyl adjacent to an activating group) is 1. The van der Waals surface area contributed by atoms with E-state index in [9.17, 15) is 9.59 Å². The smallest absolute Gasteiger partial charge is 0.248 e. The van der Waals surface area contributed by atoms with Gasteiger partial charge in [0.2, 0.25) is 11.8 Å². The number of H-pyrrole nitrogens is 1. The van der Waals surface area contributed by atoms with E-state index in [0.29, 0.717) is 17.8 Å². The number of rotatable bonds is 6. The highest BCUT2D eigenvalue weighted by Gasteiger charge is 2.10. The molecule has 0 aliphatic heterocycles. The maximum absolute atomic E-state index is 12.1. The van der Waals surface area contributed by atoms with Crippen LogP contribution in [-0.2, 0) is 11.3 Å². The normalized spacial score (nSPS) is 11.0. The van der Waals surface area contributed by atoms with Gasteiger partial charge in [0, 0.05) is 11.3 Å². The van der Waals surface area contributed by atoms with E-state index in [0.717, 1.165) is 16.9 Å². The average molecular weight is 337 g/mol. The summed E-state index contributed by atoms with van der Waals surface area (Å²) in [7, 11) is 1.85. The van der Waals surface area contributed by atoms with E-state index in [1.165, 1.54) is 0 Å². The summed E-state index contributed by atoms with van der Waals surface area (Å²) < 4.78 is 0. The molecule has 0 radical (unpaired) electrons. The summed E-state index contributed by atoms with van der Waals surface area (Å²) >= 11 is 0. The van der Waals surface area contributed by atoms with E-state index < -0.39 is 5.91 Å². The monoisotopic (exact) mass is 337 g/mol. The van der Waals surface area contributed by atoms with Crippen LogP contribution in [0.4, 0.5) is 5.69 Å². The van der Waals surface area contributed by atoms with Crippen LogP contribution >= 0.6 is 0 Å². The van der Waals surface area contributed by atoms with Crippen LogP contribution in [0.2, 0.25) is 0 Å². The predicted molar refractivity (Wildman–Crippen MR) is 96.0 cm³/mol. The van der Waals surface area contributed by atoms with Gasteiger partial charge in [-0.1, -0.05) is 12.1 Å². The number of amides is 2. The summed E-state index contributed by atoms with van der Waals surface area (Å²) in [6.45, 7) is 0.747. The van der Waals surface area contributed by atoms with Crippen molar-refractivity contribution in [2.75, 3.05) is 18.9 Å². The Bertz CT molecular complexity index is 868. The molecule has 0 unspecified atom stereocenters. The quantitative estimate of drug-likeness (QED) is 0.637. The van der Waals surface area contributed by atoms with E-state index in [1.807, 2.05) is 36.2 Å². The lowest BCUT2D eigenvalue weighted by atomic mass is 10.2. The first-order valence-corrected chi connectivity index (χ1v) is 7.83. The third-order valence-electron chi connectivity index (χ3n) is 3.72. The van der Waals surface area contributed by atoms with Crippen molar-refractivity contribution >= 4 is 28.5 Å². The number of imidazole rings is 1. The molecule has 1 aromatic heterocycles. The van der Waals surface area contributed by atoms with Crippen LogP contribution in [0.15, 0.2) is 48.5 Å². The zero-order valence-corrected chi connectivity index (χ0v) is 13.8. The lowest BCUT2D eigenvalue weighted by molar-refractivity contribution is -0.117. The van der Waals surface area contributed by atoms with E-state index >= 15 is 0 Å². The predicted octanol–water partition coefficient (Wildman–Crippen LogP) is 1.73. The molecule has 7 heteroatoms. The number of primary amides is 1. The molecule has 128 valence electrons. The molecule has 2 amide bonds. The van der Waals surface area contributed by atoms with Crippen LogP contribution in [0.25, 0.3) is 11.0 Å². The van der Waals surface area contributed by atoms with Gasteiger partial charge in [-0.3, -0.25) is 14.5 Å². The first kappa shape index (κ1) is 16.7. The Balaban J connectivity index is 1.55. The molecule has 2 aromatic carbocycles. The summed E-state index contributed by atoms with van der Waals surface area (Å²) in [5, 5.41) is 2.79. The van der Waals surface area contributed by atoms with Crippen molar-refractivity contribution in [3.63, 3.8) is 0 Å². The molecule has 3 rings (SSSR count). The number of nitrogens with zero attached hydrogens (tertiary/aromatic N) is 2. The highest BCUT2D eigenvalue weighted by Crippen LogP contribution is 2.12. The zero-order valence-electron chi connectivity index (χ0n) is 13.8. The second kappa shape index (κ2) is 7.14. The number of carbonyl (C=O) groups excluding carboxylic acids is 2. The topological polar surface area (TPSA) is 104 Å². The number of benzene rings is 2. The number of hydrogen-bond acceptors (Lipinski definition) is 4. The number of aromatic nitrogens is 2. The Morgan fingerprint density at radius 1 is 1.16 bits per heavy atom. The van der Waals surface area contributed by atoms with Crippen LogP contribution in [0.5, 0.6) is 0 Å². The standard InChI is InChI=1S/C18H19N5O2/c1-23(10-16-21-14-4-2-3-5-15(14)22-16)11-17(24)20-13-8-6-12(7-9-13)18(19)25/h2-9H,10-11H2,1H3,(H2,19,25)(H,20,24)(H,21,22). The molecule has 0 atom stereocenters. The van der Waals surface area contributed by atoms with E-state index in [1.54, 1.807) is 24.3 Å². The molecule has 0 spiro atoms. The Labute approximate surface area is 144 Å². The minimum atomic E-state index is -0.497. The maximum atomic E-state index is 12.1. The van der Waals surface area contributed by atoms with Crippen LogP contribution in [-0.4, -0.2) is 40.3 Å². The Morgan fingerprint density at radius 2 is 1.88 bits per heavy atom. The van der Waals surface area contributed by atoms with Gasteiger partial charge < -0.3 is 16.0 Å². The lowest BCUT2D eigenvalue weighted by Gasteiger charge is -2.14. The first-order valence-electron chi connectivity index (χ1n) is 7.83. The van der Waals surface area contributed by atoms with Gasteiger partial charge in [-0.25, -0.2) is 4.98 Å². The molecule has 4 N–H and O–H groups in total. The highest BCUT2D eigenvalue weighted by atomic mass is 16.2. The van der Waals surface area contributed by atoms with Crippen LogP contribution in [0.3, 0.4) is 0 Å². The lowest BCUT2D eigenvalue weighted by Crippen LogP contribution is -2.30. The minimum Gasteiger partial charge on any atom is -0.366 e. The minimum absolute atomic E-state index is 0.148. The molecule has 0 aliphatic carbocycles. The number of hydrogen-bond donors (Lipinski definition) is 3. The number of aromatic amines is 1. The molecule has 7 nitrogen and oxygen atoms in total. The fraction of sp³-hybridized carbons (Fsp3) is 0.167. The Hall–Kier alpha value is -3.19. The molecule has 0 fully saturated rings. The second-order valence-electron chi connectivity index (χ2n) is 5.86. The Morgan fingerprint density at radius 3 is 2.56 bits per heavy atom. The summed E-state index contributed by atoms with van der Waals surface area (Å²) in [4.78, 5) is 32.8. The number of nitrogens with one attached hydrogen (secondary N) is 2. The van der Waals surface area contributed by atoms with Gasteiger partial charge in [0.25, 0.3) is 0 Å². The molecule has 0 saturated carbocycles. The van der Waals surface area contributed by atoms with E-state index in [4.69, 9.17) is 5.73 Å². The number of para-hydroxylation sites is 2. The summed E-state index contributed by atoms with van der Waals surface area (Å²) in [6, 6.07) is 14.3.